The summed E-state index contributed by atoms with van der Waals surface area (Å²) in [6.07, 6.45) is 8.31. The van der Waals surface area contributed by atoms with E-state index in [-0.39, 0.29) is 18.2 Å². The molecule has 8 heteroatoms. The highest BCUT2D eigenvalue weighted by Gasteiger charge is 2.29. The first-order valence-corrected chi connectivity index (χ1v) is 15.9. The largest absolute Gasteiger partial charge is 0.381 e. The number of carbonyl (C=O) groups excluding carboxylic acids is 3. The minimum Gasteiger partial charge on any atom is -0.381 e. The van der Waals surface area contributed by atoms with E-state index in [2.05, 4.69) is 72.4 Å². The normalized spacial score (nSPS) is 13.8. The van der Waals surface area contributed by atoms with Gasteiger partial charge in [0.25, 0.3) is 11.8 Å². The fraction of sp³-hybridized carbons (Fsp3) is 0.282. The number of likely N-dealkylation sites (N-methyl/N-ethyl adjacent to an activating group) is 1. The predicted molar refractivity (Wildman–Crippen MR) is 197 cm³/mol. The molecule has 0 spiro atoms. The Morgan fingerprint density at radius 1 is 1.06 bits per heavy atom. The molecule has 2 amide bonds. The highest BCUT2D eigenvalue weighted by atomic mass is 16.2. The number of hydrogen-bond donors (Lipinski definition) is 3. The maximum atomic E-state index is 13.0. The summed E-state index contributed by atoms with van der Waals surface area (Å²) in [5.41, 5.74) is 11.1. The van der Waals surface area contributed by atoms with E-state index in [1.807, 2.05) is 68.5 Å². The van der Waals surface area contributed by atoms with Gasteiger partial charge >= 0.3 is 0 Å². The number of carbonyl (C=O) groups is 3. The first-order valence-electron chi connectivity index (χ1n) is 15.9. The number of hydrogen-bond acceptors (Lipinski definition) is 6. The average Bonchev–Trinajstić information content (AvgIpc) is 3.19. The van der Waals surface area contributed by atoms with Crippen molar-refractivity contribution in [3.8, 4) is 0 Å². The minimum absolute atomic E-state index is 0.192. The smallest absolute Gasteiger partial charge is 0.267 e. The Balaban J connectivity index is 0.000000458. The van der Waals surface area contributed by atoms with Crippen LogP contribution in [0, 0.1) is 13.8 Å². The third-order valence-corrected chi connectivity index (χ3v) is 7.21. The Kier molecular flexibility index (Phi) is 16.1. The van der Waals surface area contributed by atoms with Gasteiger partial charge in [0.05, 0.1) is 11.4 Å². The number of allylic oxidation sites excluding steroid dienone is 3. The lowest BCUT2D eigenvalue weighted by atomic mass is 10.1. The molecule has 0 radical (unpaired) electrons. The van der Waals surface area contributed by atoms with Crippen molar-refractivity contribution in [3.05, 3.63) is 126 Å². The van der Waals surface area contributed by atoms with E-state index in [0.717, 1.165) is 23.1 Å². The van der Waals surface area contributed by atoms with Crippen LogP contribution in [0.5, 0.6) is 0 Å². The molecule has 0 aromatic heterocycles. The molecule has 8 nitrogen and oxygen atoms in total. The van der Waals surface area contributed by atoms with Crippen molar-refractivity contribution in [1.29, 1.82) is 0 Å². The number of benzene rings is 3. The molecule has 0 aliphatic carbocycles. The van der Waals surface area contributed by atoms with Crippen LogP contribution in [-0.2, 0) is 27.2 Å². The number of fused-ring (bicyclic) bond motifs is 1. The molecular formula is C39H49N5O3. The summed E-state index contributed by atoms with van der Waals surface area (Å²) < 4.78 is 0. The lowest BCUT2D eigenvalue weighted by Gasteiger charge is -2.21. The molecule has 1 aliphatic heterocycles. The zero-order valence-electron chi connectivity index (χ0n) is 28.6. The third-order valence-electron chi connectivity index (χ3n) is 7.21. The summed E-state index contributed by atoms with van der Waals surface area (Å²) in [6, 6.07) is 21.2. The maximum Gasteiger partial charge on any atom is 0.267 e. The topological polar surface area (TPSA) is 103 Å². The van der Waals surface area contributed by atoms with Gasteiger partial charge in [0, 0.05) is 32.1 Å². The fourth-order valence-corrected chi connectivity index (χ4v) is 4.69. The van der Waals surface area contributed by atoms with Crippen LogP contribution < -0.4 is 21.0 Å². The van der Waals surface area contributed by atoms with Crippen LogP contribution in [0.15, 0.2) is 103 Å². The summed E-state index contributed by atoms with van der Waals surface area (Å²) in [5.74, 6) is -0.683. The van der Waals surface area contributed by atoms with Crippen molar-refractivity contribution in [2.45, 2.75) is 59.9 Å². The van der Waals surface area contributed by atoms with Gasteiger partial charge in [0.1, 0.15) is 18.0 Å². The second-order valence-electron chi connectivity index (χ2n) is 10.9. The molecule has 1 heterocycles. The van der Waals surface area contributed by atoms with Gasteiger partial charge in [0.2, 0.25) is 0 Å². The monoisotopic (exact) mass is 635 g/mol. The Morgan fingerprint density at radius 3 is 2.45 bits per heavy atom. The van der Waals surface area contributed by atoms with E-state index in [0.29, 0.717) is 30.6 Å². The predicted octanol–water partition coefficient (Wildman–Crippen LogP) is 6.94. The van der Waals surface area contributed by atoms with Crippen LogP contribution in [0.4, 0.5) is 11.4 Å². The number of nitrogens with zero attached hydrogens (tertiary/aromatic N) is 2. The van der Waals surface area contributed by atoms with Crippen molar-refractivity contribution >= 4 is 41.3 Å². The highest BCUT2D eigenvalue weighted by molar-refractivity contribution is 6.38. The first-order chi connectivity index (χ1) is 22.6. The van der Waals surface area contributed by atoms with E-state index in [9.17, 15) is 14.4 Å². The summed E-state index contributed by atoms with van der Waals surface area (Å²) in [4.78, 5) is 37.8. The number of aldehydes is 1. The molecular weight excluding hydrogens is 586 g/mol. The number of hydrazone groups is 1. The minimum atomic E-state index is -0.758. The van der Waals surface area contributed by atoms with E-state index < -0.39 is 11.9 Å². The van der Waals surface area contributed by atoms with Gasteiger partial charge in [-0.2, -0.15) is 5.10 Å². The summed E-state index contributed by atoms with van der Waals surface area (Å²) in [6.45, 7) is 17.6. The Hall–Kier alpha value is -5.24. The summed E-state index contributed by atoms with van der Waals surface area (Å²) in [5, 5.41) is 10.1. The highest BCUT2D eigenvalue weighted by Crippen LogP contribution is 2.29. The number of aryl methyl sites for hydroxylation is 3. The van der Waals surface area contributed by atoms with Crippen molar-refractivity contribution in [2.24, 2.45) is 5.10 Å². The quantitative estimate of drug-likeness (QED) is 0.0917. The van der Waals surface area contributed by atoms with Crippen LogP contribution in [0.2, 0.25) is 0 Å². The van der Waals surface area contributed by atoms with E-state index >= 15 is 0 Å². The number of amides is 2. The fourth-order valence-electron chi connectivity index (χ4n) is 4.69. The van der Waals surface area contributed by atoms with Gasteiger partial charge in [0.15, 0.2) is 0 Å². The van der Waals surface area contributed by atoms with Gasteiger partial charge in [-0.1, -0.05) is 105 Å². The molecule has 0 unspecified atom stereocenters. The Labute approximate surface area is 280 Å². The van der Waals surface area contributed by atoms with Crippen LogP contribution >= 0.6 is 0 Å². The summed E-state index contributed by atoms with van der Waals surface area (Å²) in [7, 11) is 1.67. The van der Waals surface area contributed by atoms with Crippen molar-refractivity contribution in [3.63, 3.8) is 0 Å². The molecule has 3 N–H and O–H groups in total. The van der Waals surface area contributed by atoms with Gasteiger partial charge in [-0.15, -0.1) is 0 Å². The van der Waals surface area contributed by atoms with Crippen LogP contribution in [0.1, 0.15) is 55.0 Å². The molecule has 3 aromatic carbocycles. The molecule has 0 fully saturated rings. The molecule has 1 aliphatic rings. The molecule has 1 atom stereocenters. The maximum absolute atomic E-state index is 13.0. The molecule has 3 aromatic rings. The van der Waals surface area contributed by atoms with Crippen LogP contribution in [0.3, 0.4) is 0 Å². The SMILES string of the molecule is C=C(Cc1ccccc1)N/N=C(\C)C(=O)N[C@H]1CNc2ccc(CCC=O)cc2N(C)C1=O.C=C/C=C\c1ccc(C)cc1C.CC. The first kappa shape index (κ1) is 37.9. The van der Waals surface area contributed by atoms with Crippen molar-refractivity contribution < 1.29 is 14.4 Å². The van der Waals surface area contributed by atoms with Crippen LogP contribution in [0.25, 0.3) is 6.08 Å². The Morgan fingerprint density at radius 2 is 1.79 bits per heavy atom. The number of nitrogens with one attached hydrogen (secondary N) is 3. The van der Waals surface area contributed by atoms with Gasteiger partial charge < -0.3 is 20.3 Å². The van der Waals surface area contributed by atoms with Crippen molar-refractivity contribution in [2.75, 3.05) is 23.8 Å². The van der Waals surface area contributed by atoms with E-state index in [1.165, 1.54) is 21.6 Å². The second kappa shape index (κ2) is 20.0. The lowest BCUT2D eigenvalue weighted by molar-refractivity contribution is -0.124. The Bertz CT molecular complexity index is 1580. The number of anilines is 2. The molecule has 4 rings (SSSR count). The number of rotatable bonds is 11. The standard InChI is InChI=1S/C25H29N5O3.C12H14.C2H6/c1-17(14-19-8-5-4-6-9-19)28-29-18(2)24(32)27-22-16-26-21-12-11-20(10-7-13-31)15-23(21)30(3)25(22)33;1-4-5-6-12-8-7-10(2)9-11(12)3;1-2/h4-6,8-9,11-13,15,22,26,28H,1,7,10,14,16H2,2-3H3,(H,27,32);4-9H,1H2,2-3H3;1-2H3/b29-18+;6-5-;/t22-;;/m0../s1. The second-order valence-corrected chi connectivity index (χ2v) is 10.9. The summed E-state index contributed by atoms with van der Waals surface area (Å²) >= 11 is 0. The van der Waals surface area contributed by atoms with Crippen LogP contribution in [-0.4, -0.2) is 43.4 Å². The third kappa shape index (κ3) is 12.2. The molecule has 248 valence electrons. The lowest BCUT2D eigenvalue weighted by Crippen LogP contribution is -2.51. The van der Waals surface area contributed by atoms with E-state index in [4.69, 9.17) is 0 Å². The zero-order valence-corrected chi connectivity index (χ0v) is 28.6. The average molecular weight is 636 g/mol. The van der Waals surface area contributed by atoms with Gasteiger partial charge in [-0.3, -0.25) is 15.0 Å². The molecule has 47 heavy (non-hydrogen) atoms. The molecule has 0 saturated heterocycles. The molecule has 0 bridgehead atoms. The van der Waals surface area contributed by atoms with E-state index in [1.54, 1.807) is 20.0 Å². The van der Waals surface area contributed by atoms with Gasteiger partial charge in [-0.25, -0.2) is 0 Å². The van der Waals surface area contributed by atoms with Crippen molar-refractivity contribution in [1.82, 2.24) is 10.7 Å². The zero-order chi connectivity index (χ0) is 34.8. The van der Waals surface area contributed by atoms with Gasteiger partial charge in [-0.05, 0) is 61.6 Å². The molecule has 0 saturated carbocycles.